The minimum absolute atomic E-state index is 0.0990. The minimum atomic E-state index is -0.227. The van der Waals surface area contributed by atoms with Crippen LogP contribution in [0.3, 0.4) is 0 Å². The molecule has 1 fully saturated rings. The Morgan fingerprint density at radius 3 is 2.41 bits per heavy atom. The summed E-state index contributed by atoms with van der Waals surface area (Å²) >= 11 is 4.17. The van der Waals surface area contributed by atoms with E-state index in [9.17, 15) is 4.79 Å². The second-order valence-electron chi connectivity index (χ2n) is 4.04. The van der Waals surface area contributed by atoms with E-state index in [0.717, 1.165) is 19.0 Å². The zero-order chi connectivity index (χ0) is 12.3. The fourth-order valence-electron chi connectivity index (χ4n) is 1.85. The lowest BCUT2D eigenvalue weighted by Gasteiger charge is -2.35. The number of piperazine rings is 1. The number of nitrogens with zero attached hydrogens (tertiary/aromatic N) is 4. The standard InChI is InChI=1S/C11H16N4OS/c1-9(17)10(16)14-5-7-15(8-6-14)11-12-3-2-4-13-11/h2-4,9,17H,5-8H2,1H3. The van der Waals surface area contributed by atoms with Crippen LogP contribution in [0.2, 0.25) is 0 Å². The Hall–Kier alpha value is -1.30. The van der Waals surface area contributed by atoms with Gasteiger partial charge in [0, 0.05) is 38.6 Å². The van der Waals surface area contributed by atoms with E-state index in [2.05, 4.69) is 27.5 Å². The molecule has 6 heteroatoms. The Kier molecular flexibility index (Phi) is 3.83. The van der Waals surface area contributed by atoms with E-state index in [0.29, 0.717) is 13.1 Å². The van der Waals surface area contributed by atoms with Gasteiger partial charge in [0.2, 0.25) is 11.9 Å². The maximum atomic E-state index is 11.7. The van der Waals surface area contributed by atoms with E-state index in [1.165, 1.54) is 0 Å². The van der Waals surface area contributed by atoms with Gasteiger partial charge in [-0.15, -0.1) is 0 Å². The van der Waals surface area contributed by atoms with E-state index in [1.54, 1.807) is 25.4 Å². The largest absolute Gasteiger partial charge is 0.338 e. The summed E-state index contributed by atoms with van der Waals surface area (Å²) < 4.78 is 0. The highest BCUT2D eigenvalue weighted by molar-refractivity contribution is 7.81. The first-order chi connectivity index (χ1) is 8.18. The predicted octanol–water partition coefficient (Wildman–Crippen LogP) is 0.443. The number of carbonyl (C=O) groups is 1. The van der Waals surface area contributed by atoms with Crippen molar-refractivity contribution in [3.63, 3.8) is 0 Å². The first-order valence-corrected chi connectivity index (χ1v) is 6.19. The smallest absolute Gasteiger partial charge is 0.235 e. The van der Waals surface area contributed by atoms with Crippen molar-refractivity contribution in [3.8, 4) is 0 Å². The van der Waals surface area contributed by atoms with Crippen LogP contribution >= 0.6 is 12.6 Å². The molecule has 5 nitrogen and oxygen atoms in total. The third kappa shape index (κ3) is 2.88. The summed E-state index contributed by atoms with van der Waals surface area (Å²) in [7, 11) is 0. The normalized spacial score (nSPS) is 18.0. The molecule has 0 spiro atoms. The van der Waals surface area contributed by atoms with Crippen molar-refractivity contribution in [2.24, 2.45) is 0 Å². The second-order valence-corrected chi connectivity index (χ2v) is 4.81. The number of amides is 1. The van der Waals surface area contributed by atoms with Crippen LogP contribution in [-0.4, -0.2) is 52.2 Å². The van der Waals surface area contributed by atoms with Gasteiger partial charge in [0.05, 0.1) is 5.25 Å². The van der Waals surface area contributed by atoms with Crippen LogP contribution < -0.4 is 4.90 Å². The summed E-state index contributed by atoms with van der Waals surface area (Å²) in [4.78, 5) is 24.1. The molecule has 1 unspecified atom stereocenters. The molecule has 1 aromatic heterocycles. The number of hydrogen-bond donors (Lipinski definition) is 1. The lowest BCUT2D eigenvalue weighted by atomic mass is 10.3. The molecule has 92 valence electrons. The number of rotatable bonds is 2. The fourth-order valence-corrected chi connectivity index (χ4v) is 2.01. The topological polar surface area (TPSA) is 49.3 Å². The van der Waals surface area contributed by atoms with Gasteiger partial charge in [0.1, 0.15) is 0 Å². The summed E-state index contributed by atoms with van der Waals surface area (Å²) in [6.07, 6.45) is 3.46. The molecule has 1 aromatic rings. The number of thiol groups is 1. The van der Waals surface area contributed by atoms with Gasteiger partial charge in [-0.05, 0) is 13.0 Å². The molecule has 1 amide bonds. The molecule has 0 radical (unpaired) electrons. The number of hydrogen-bond acceptors (Lipinski definition) is 5. The average Bonchev–Trinajstić information content (AvgIpc) is 2.39. The van der Waals surface area contributed by atoms with Gasteiger partial charge >= 0.3 is 0 Å². The molecule has 0 bridgehead atoms. The third-order valence-electron chi connectivity index (χ3n) is 2.78. The van der Waals surface area contributed by atoms with Gasteiger partial charge in [-0.25, -0.2) is 9.97 Å². The maximum absolute atomic E-state index is 11.7. The van der Waals surface area contributed by atoms with Gasteiger partial charge in [-0.3, -0.25) is 4.79 Å². The average molecular weight is 252 g/mol. The molecule has 1 aliphatic rings. The molecule has 0 saturated carbocycles. The SMILES string of the molecule is CC(S)C(=O)N1CCN(c2ncccn2)CC1. The van der Waals surface area contributed by atoms with Crippen LogP contribution in [0.1, 0.15) is 6.92 Å². The second kappa shape index (κ2) is 5.35. The molecule has 0 aromatic carbocycles. The molecule has 17 heavy (non-hydrogen) atoms. The molecular formula is C11H16N4OS. The van der Waals surface area contributed by atoms with E-state index in [4.69, 9.17) is 0 Å². The lowest BCUT2D eigenvalue weighted by molar-refractivity contribution is -0.130. The summed E-state index contributed by atoms with van der Waals surface area (Å²) in [5.41, 5.74) is 0. The van der Waals surface area contributed by atoms with E-state index in [1.807, 2.05) is 4.90 Å². The van der Waals surface area contributed by atoms with Crippen LogP contribution in [0, 0.1) is 0 Å². The van der Waals surface area contributed by atoms with Gasteiger partial charge in [-0.2, -0.15) is 12.6 Å². The molecule has 1 atom stereocenters. The van der Waals surface area contributed by atoms with Crippen molar-refractivity contribution in [3.05, 3.63) is 18.5 Å². The highest BCUT2D eigenvalue weighted by Gasteiger charge is 2.23. The quantitative estimate of drug-likeness (QED) is 0.776. The molecular weight excluding hydrogens is 236 g/mol. The Morgan fingerprint density at radius 2 is 1.88 bits per heavy atom. The molecule has 1 aliphatic heterocycles. The van der Waals surface area contributed by atoms with E-state index < -0.39 is 0 Å². The van der Waals surface area contributed by atoms with Crippen molar-refractivity contribution >= 4 is 24.5 Å². The fraction of sp³-hybridized carbons (Fsp3) is 0.545. The van der Waals surface area contributed by atoms with Crippen molar-refractivity contribution in [2.45, 2.75) is 12.2 Å². The first kappa shape index (κ1) is 12.2. The summed E-state index contributed by atoms with van der Waals surface area (Å²) in [5, 5.41) is -0.227. The van der Waals surface area contributed by atoms with E-state index in [-0.39, 0.29) is 11.2 Å². The highest BCUT2D eigenvalue weighted by Crippen LogP contribution is 2.11. The molecule has 0 aliphatic carbocycles. The van der Waals surface area contributed by atoms with Crippen LogP contribution in [-0.2, 0) is 4.79 Å². The zero-order valence-corrected chi connectivity index (χ0v) is 10.7. The molecule has 2 heterocycles. The molecule has 1 saturated heterocycles. The van der Waals surface area contributed by atoms with Gasteiger partial charge in [0.25, 0.3) is 0 Å². The zero-order valence-electron chi connectivity index (χ0n) is 9.78. The summed E-state index contributed by atoms with van der Waals surface area (Å²) in [6.45, 7) is 4.77. The third-order valence-corrected chi connectivity index (χ3v) is 3.00. The van der Waals surface area contributed by atoms with Crippen molar-refractivity contribution in [2.75, 3.05) is 31.1 Å². The maximum Gasteiger partial charge on any atom is 0.235 e. The lowest BCUT2D eigenvalue weighted by Crippen LogP contribution is -2.50. The molecule has 2 rings (SSSR count). The van der Waals surface area contributed by atoms with Crippen LogP contribution in [0.25, 0.3) is 0 Å². The Labute approximate surface area is 106 Å². The highest BCUT2D eigenvalue weighted by atomic mass is 32.1. The number of carbonyl (C=O) groups excluding carboxylic acids is 1. The molecule has 0 N–H and O–H groups in total. The predicted molar refractivity (Wildman–Crippen MR) is 69.3 cm³/mol. The minimum Gasteiger partial charge on any atom is -0.338 e. The van der Waals surface area contributed by atoms with Gasteiger partial charge in [0.15, 0.2) is 0 Å². The van der Waals surface area contributed by atoms with Crippen LogP contribution in [0.5, 0.6) is 0 Å². The Balaban J connectivity index is 1.93. The van der Waals surface area contributed by atoms with Crippen molar-refractivity contribution in [1.29, 1.82) is 0 Å². The van der Waals surface area contributed by atoms with Gasteiger partial charge < -0.3 is 9.80 Å². The summed E-state index contributed by atoms with van der Waals surface area (Å²) in [6, 6.07) is 1.80. The number of anilines is 1. The van der Waals surface area contributed by atoms with Crippen LogP contribution in [0.15, 0.2) is 18.5 Å². The monoisotopic (exact) mass is 252 g/mol. The van der Waals surface area contributed by atoms with E-state index >= 15 is 0 Å². The van der Waals surface area contributed by atoms with Gasteiger partial charge in [-0.1, -0.05) is 0 Å². The summed E-state index contributed by atoms with van der Waals surface area (Å²) in [5.74, 6) is 0.834. The van der Waals surface area contributed by atoms with Crippen molar-refractivity contribution in [1.82, 2.24) is 14.9 Å². The van der Waals surface area contributed by atoms with Crippen LogP contribution in [0.4, 0.5) is 5.95 Å². The first-order valence-electron chi connectivity index (χ1n) is 5.67. The number of aromatic nitrogens is 2. The Morgan fingerprint density at radius 1 is 1.29 bits per heavy atom. The van der Waals surface area contributed by atoms with Crippen molar-refractivity contribution < 1.29 is 4.79 Å². The Bertz CT molecular complexity index is 376.